The molecule has 0 radical (unpaired) electrons. The van der Waals surface area contributed by atoms with Crippen molar-refractivity contribution in [2.24, 2.45) is 0 Å². The van der Waals surface area contributed by atoms with Gasteiger partial charge in [0.15, 0.2) is 0 Å². The van der Waals surface area contributed by atoms with E-state index in [1.807, 2.05) is 87.0 Å². The minimum absolute atomic E-state index is 0.189. The molecule has 158 valence electrons. The average molecular weight is 434 g/mol. The van der Waals surface area contributed by atoms with Crippen LogP contribution in [0.4, 0.5) is 5.69 Å². The van der Waals surface area contributed by atoms with Gasteiger partial charge in [-0.1, -0.05) is 41.9 Å². The summed E-state index contributed by atoms with van der Waals surface area (Å²) in [4.78, 5) is 13.2. The second-order valence-corrected chi connectivity index (χ2v) is 8.02. The van der Waals surface area contributed by atoms with Gasteiger partial charge in [-0.3, -0.25) is 9.48 Å². The van der Waals surface area contributed by atoms with E-state index in [1.54, 1.807) is 4.68 Å². The van der Waals surface area contributed by atoms with Crippen molar-refractivity contribution in [3.05, 3.63) is 93.5 Å². The summed E-state index contributed by atoms with van der Waals surface area (Å²) in [5.41, 5.74) is 6.39. The molecular weight excluding hydrogens is 410 g/mol. The third kappa shape index (κ3) is 4.11. The maximum absolute atomic E-state index is 13.2. The molecule has 6 nitrogen and oxygen atoms in total. The monoisotopic (exact) mass is 433 g/mol. The SMILES string of the molecule is Cc1nn(Cc2cccc(Cl)c2)c(C)c1NC(=O)c1c(C)nn(-c2ccccc2)c1C. The smallest absolute Gasteiger partial charge is 0.259 e. The third-order valence-electron chi connectivity index (χ3n) is 5.36. The van der Waals surface area contributed by atoms with E-state index in [1.165, 1.54) is 0 Å². The van der Waals surface area contributed by atoms with Crippen molar-refractivity contribution in [2.75, 3.05) is 5.32 Å². The molecule has 2 aromatic heterocycles. The molecule has 1 N–H and O–H groups in total. The molecule has 0 bridgehead atoms. The first-order valence-electron chi connectivity index (χ1n) is 10.1. The van der Waals surface area contributed by atoms with Crippen molar-refractivity contribution in [2.45, 2.75) is 34.2 Å². The van der Waals surface area contributed by atoms with Gasteiger partial charge in [0.25, 0.3) is 5.91 Å². The van der Waals surface area contributed by atoms with E-state index in [2.05, 4.69) is 15.5 Å². The maximum Gasteiger partial charge on any atom is 0.259 e. The van der Waals surface area contributed by atoms with Gasteiger partial charge in [0.1, 0.15) is 0 Å². The number of aryl methyl sites for hydroxylation is 2. The van der Waals surface area contributed by atoms with Crippen molar-refractivity contribution < 1.29 is 4.79 Å². The van der Waals surface area contributed by atoms with Crippen LogP contribution in [0.1, 0.15) is 38.7 Å². The van der Waals surface area contributed by atoms with Crippen LogP contribution >= 0.6 is 11.6 Å². The van der Waals surface area contributed by atoms with Crippen LogP contribution in [-0.2, 0) is 6.54 Å². The Kier molecular flexibility index (Phi) is 5.65. The molecule has 31 heavy (non-hydrogen) atoms. The van der Waals surface area contributed by atoms with Crippen LogP contribution in [0.2, 0.25) is 5.02 Å². The molecular formula is C24H24ClN5O. The molecule has 0 aliphatic rings. The largest absolute Gasteiger partial charge is 0.319 e. The highest BCUT2D eigenvalue weighted by atomic mass is 35.5. The van der Waals surface area contributed by atoms with Gasteiger partial charge in [0.05, 0.1) is 46.3 Å². The van der Waals surface area contributed by atoms with Crippen LogP contribution in [0.15, 0.2) is 54.6 Å². The van der Waals surface area contributed by atoms with Crippen LogP contribution in [0.3, 0.4) is 0 Å². The highest BCUT2D eigenvalue weighted by Crippen LogP contribution is 2.24. The normalized spacial score (nSPS) is 11.0. The number of nitrogens with one attached hydrogen (secondary N) is 1. The fourth-order valence-electron chi connectivity index (χ4n) is 3.81. The zero-order valence-electron chi connectivity index (χ0n) is 18.0. The lowest BCUT2D eigenvalue weighted by Crippen LogP contribution is -2.15. The van der Waals surface area contributed by atoms with Crippen LogP contribution < -0.4 is 5.32 Å². The van der Waals surface area contributed by atoms with Crippen LogP contribution in [0.5, 0.6) is 0 Å². The van der Waals surface area contributed by atoms with Gasteiger partial charge >= 0.3 is 0 Å². The number of benzene rings is 2. The molecule has 0 saturated carbocycles. The number of carbonyl (C=O) groups excluding carboxylic acids is 1. The maximum atomic E-state index is 13.2. The first-order chi connectivity index (χ1) is 14.8. The summed E-state index contributed by atoms with van der Waals surface area (Å²) in [6, 6.07) is 17.5. The summed E-state index contributed by atoms with van der Waals surface area (Å²) < 4.78 is 3.68. The molecule has 0 atom stereocenters. The molecule has 7 heteroatoms. The van der Waals surface area contributed by atoms with Gasteiger partial charge in [0.2, 0.25) is 0 Å². The second kappa shape index (κ2) is 8.40. The molecule has 4 aromatic rings. The average Bonchev–Trinajstić information content (AvgIpc) is 3.18. The van der Waals surface area contributed by atoms with Crippen molar-refractivity contribution in [3.63, 3.8) is 0 Å². The highest BCUT2D eigenvalue weighted by molar-refractivity contribution is 6.30. The Morgan fingerprint density at radius 2 is 1.68 bits per heavy atom. The quantitative estimate of drug-likeness (QED) is 0.467. The molecule has 0 fully saturated rings. The predicted molar refractivity (Wildman–Crippen MR) is 123 cm³/mol. The lowest BCUT2D eigenvalue weighted by molar-refractivity contribution is 0.102. The summed E-state index contributed by atoms with van der Waals surface area (Å²) >= 11 is 6.11. The summed E-state index contributed by atoms with van der Waals surface area (Å²) in [6.07, 6.45) is 0. The second-order valence-electron chi connectivity index (χ2n) is 7.58. The number of carbonyl (C=O) groups is 1. The lowest BCUT2D eigenvalue weighted by Gasteiger charge is -2.08. The number of nitrogens with zero attached hydrogens (tertiary/aromatic N) is 4. The number of halogens is 1. The van der Waals surface area contributed by atoms with E-state index in [0.717, 1.165) is 34.0 Å². The molecule has 2 aromatic carbocycles. The summed E-state index contributed by atoms with van der Waals surface area (Å²) in [6.45, 7) is 8.18. The van der Waals surface area contributed by atoms with Crippen molar-refractivity contribution in [1.29, 1.82) is 0 Å². The number of hydrogen-bond donors (Lipinski definition) is 1. The molecule has 2 heterocycles. The van der Waals surface area contributed by atoms with E-state index in [4.69, 9.17) is 11.6 Å². The Labute approximate surface area is 186 Å². The molecule has 1 amide bonds. The Bertz CT molecular complexity index is 1260. The summed E-state index contributed by atoms with van der Waals surface area (Å²) in [5.74, 6) is -0.189. The first-order valence-corrected chi connectivity index (χ1v) is 10.4. The Morgan fingerprint density at radius 1 is 0.935 bits per heavy atom. The molecule has 0 aliphatic heterocycles. The van der Waals surface area contributed by atoms with Crippen LogP contribution in [0.25, 0.3) is 5.69 Å². The van der Waals surface area contributed by atoms with E-state index in [0.29, 0.717) is 22.8 Å². The van der Waals surface area contributed by atoms with E-state index < -0.39 is 0 Å². The number of hydrogen-bond acceptors (Lipinski definition) is 3. The van der Waals surface area contributed by atoms with Gasteiger partial charge in [-0.05, 0) is 57.5 Å². The Balaban J connectivity index is 1.61. The van der Waals surface area contributed by atoms with Crippen molar-refractivity contribution in [3.8, 4) is 5.69 Å². The van der Waals surface area contributed by atoms with Gasteiger partial charge in [-0.15, -0.1) is 0 Å². The standard InChI is InChI=1S/C24H24ClN5O/c1-15-22(17(3)30(28-15)21-11-6-5-7-12-21)24(31)26-23-16(2)27-29(18(23)4)14-19-9-8-10-20(25)13-19/h5-13H,14H2,1-4H3,(H,26,31). The van der Waals surface area contributed by atoms with Crippen LogP contribution in [0, 0.1) is 27.7 Å². The minimum Gasteiger partial charge on any atom is -0.319 e. The minimum atomic E-state index is -0.189. The van der Waals surface area contributed by atoms with E-state index in [9.17, 15) is 4.79 Å². The molecule has 0 aliphatic carbocycles. The third-order valence-corrected chi connectivity index (χ3v) is 5.60. The van der Waals surface area contributed by atoms with Crippen molar-refractivity contribution in [1.82, 2.24) is 19.6 Å². The van der Waals surface area contributed by atoms with Gasteiger partial charge in [0, 0.05) is 5.02 Å². The number of para-hydroxylation sites is 1. The molecule has 0 unspecified atom stereocenters. The van der Waals surface area contributed by atoms with Crippen molar-refractivity contribution >= 4 is 23.2 Å². The fraction of sp³-hybridized carbons (Fsp3) is 0.208. The first kappa shape index (κ1) is 20.9. The van der Waals surface area contributed by atoms with Gasteiger partial charge in [-0.25, -0.2) is 4.68 Å². The van der Waals surface area contributed by atoms with E-state index >= 15 is 0 Å². The molecule has 0 saturated heterocycles. The lowest BCUT2D eigenvalue weighted by atomic mass is 10.1. The summed E-state index contributed by atoms with van der Waals surface area (Å²) in [5, 5.41) is 12.9. The number of anilines is 1. The number of aromatic nitrogens is 4. The number of amides is 1. The zero-order valence-corrected chi connectivity index (χ0v) is 18.7. The Hall–Kier alpha value is -3.38. The predicted octanol–water partition coefficient (Wildman–Crippen LogP) is 5.26. The summed E-state index contributed by atoms with van der Waals surface area (Å²) in [7, 11) is 0. The fourth-order valence-corrected chi connectivity index (χ4v) is 4.02. The molecule has 4 rings (SSSR count). The van der Waals surface area contributed by atoms with Gasteiger partial charge in [-0.2, -0.15) is 10.2 Å². The van der Waals surface area contributed by atoms with Crippen LogP contribution in [-0.4, -0.2) is 25.5 Å². The van der Waals surface area contributed by atoms with E-state index in [-0.39, 0.29) is 5.91 Å². The Morgan fingerprint density at radius 3 is 2.39 bits per heavy atom. The highest BCUT2D eigenvalue weighted by Gasteiger charge is 2.22. The zero-order chi connectivity index (χ0) is 22.1. The van der Waals surface area contributed by atoms with Gasteiger partial charge < -0.3 is 5.32 Å². The topological polar surface area (TPSA) is 64.7 Å². The number of rotatable bonds is 5. The molecule has 0 spiro atoms.